The van der Waals surface area contributed by atoms with Gasteiger partial charge in [0.25, 0.3) is 5.91 Å². The first-order valence-electron chi connectivity index (χ1n) is 8.34. The van der Waals surface area contributed by atoms with Crippen LogP contribution in [-0.2, 0) is 0 Å². The molecule has 7 heteroatoms. The van der Waals surface area contributed by atoms with Gasteiger partial charge >= 0.3 is 0 Å². The van der Waals surface area contributed by atoms with E-state index in [2.05, 4.69) is 25.5 Å². The number of ether oxygens (including phenoxy) is 1. The molecule has 0 fully saturated rings. The van der Waals surface area contributed by atoms with Crippen LogP contribution in [0.1, 0.15) is 23.7 Å². The minimum atomic E-state index is -0.167. The quantitative estimate of drug-likeness (QED) is 0.680. The van der Waals surface area contributed by atoms with Gasteiger partial charge in [-0.05, 0) is 46.1 Å². The van der Waals surface area contributed by atoms with Crippen molar-refractivity contribution in [3.63, 3.8) is 0 Å². The number of nitrogens with zero attached hydrogens (tertiary/aromatic N) is 3. The van der Waals surface area contributed by atoms with E-state index in [4.69, 9.17) is 4.74 Å². The summed E-state index contributed by atoms with van der Waals surface area (Å²) in [5, 5.41) is 5.97. The standard InChI is InChI=1S/C18H25N5O2/c1-4-25-16-9-6-5-8-15(16)22-18-20-12-14(13-21-18)17(24)19-10-7-11-23(2)3/h5-6,8-9,12-13H,4,7,10-11H2,1-3H3,(H,19,24)(H,20,21,22). The van der Waals surface area contributed by atoms with Gasteiger partial charge < -0.3 is 20.3 Å². The largest absolute Gasteiger partial charge is 0.492 e. The lowest BCUT2D eigenvalue weighted by Crippen LogP contribution is -2.27. The minimum absolute atomic E-state index is 0.167. The molecule has 1 aromatic heterocycles. The van der Waals surface area contributed by atoms with E-state index in [1.807, 2.05) is 45.3 Å². The van der Waals surface area contributed by atoms with E-state index >= 15 is 0 Å². The molecule has 0 bridgehead atoms. The van der Waals surface area contributed by atoms with Crippen LogP contribution in [0.2, 0.25) is 0 Å². The summed E-state index contributed by atoms with van der Waals surface area (Å²) in [6, 6.07) is 7.57. The molecule has 0 aliphatic rings. The highest BCUT2D eigenvalue weighted by Crippen LogP contribution is 2.25. The highest BCUT2D eigenvalue weighted by atomic mass is 16.5. The van der Waals surface area contributed by atoms with Gasteiger partial charge in [0.1, 0.15) is 5.75 Å². The monoisotopic (exact) mass is 343 g/mol. The minimum Gasteiger partial charge on any atom is -0.492 e. The number of aromatic nitrogens is 2. The average Bonchev–Trinajstić information content (AvgIpc) is 2.61. The summed E-state index contributed by atoms with van der Waals surface area (Å²) in [6.07, 6.45) is 3.92. The third kappa shape index (κ3) is 6.04. The molecule has 7 nitrogen and oxygen atoms in total. The Labute approximate surface area is 148 Å². The van der Waals surface area contributed by atoms with E-state index in [9.17, 15) is 4.79 Å². The molecule has 2 aromatic rings. The van der Waals surface area contributed by atoms with E-state index < -0.39 is 0 Å². The number of nitrogens with one attached hydrogen (secondary N) is 2. The molecule has 0 aliphatic heterocycles. The van der Waals surface area contributed by atoms with Crippen molar-refractivity contribution in [1.82, 2.24) is 20.2 Å². The molecule has 0 aliphatic carbocycles. The fourth-order valence-electron chi connectivity index (χ4n) is 2.18. The van der Waals surface area contributed by atoms with Crippen LogP contribution in [0.3, 0.4) is 0 Å². The van der Waals surface area contributed by atoms with E-state index in [1.54, 1.807) is 0 Å². The zero-order valence-corrected chi connectivity index (χ0v) is 15.0. The van der Waals surface area contributed by atoms with Gasteiger partial charge in [-0.15, -0.1) is 0 Å². The SMILES string of the molecule is CCOc1ccccc1Nc1ncc(C(=O)NCCCN(C)C)cn1. The Balaban J connectivity index is 1.92. The highest BCUT2D eigenvalue weighted by Gasteiger charge is 2.08. The van der Waals surface area contributed by atoms with Crippen LogP contribution in [0, 0.1) is 0 Å². The van der Waals surface area contributed by atoms with Crippen molar-refractivity contribution in [3.05, 3.63) is 42.2 Å². The maximum Gasteiger partial charge on any atom is 0.254 e. The van der Waals surface area contributed by atoms with Gasteiger partial charge in [0.15, 0.2) is 0 Å². The van der Waals surface area contributed by atoms with Gasteiger partial charge in [-0.1, -0.05) is 12.1 Å². The Bertz CT molecular complexity index is 673. The van der Waals surface area contributed by atoms with Gasteiger partial charge in [-0.25, -0.2) is 9.97 Å². The van der Waals surface area contributed by atoms with Gasteiger partial charge in [-0.2, -0.15) is 0 Å². The van der Waals surface area contributed by atoms with Crippen LogP contribution in [0.4, 0.5) is 11.6 Å². The van der Waals surface area contributed by atoms with E-state index in [-0.39, 0.29) is 5.91 Å². The third-order valence-corrected chi connectivity index (χ3v) is 3.42. The number of hydrogen-bond acceptors (Lipinski definition) is 6. The summed E-state index contributed by atoms with van der Waals surface area (Å²) >= 11 is 0. The maximum absolute atomic E-state index is 12.1. The zero-order valence-electron chi connectivity index (χ0n) is 15.0. The molecule has 0 saturated heterocycles. The van der Waals surface area contributed by atoms with Crippen LogP contribution in [0.15, 0.2) is 36.7 Å². The first-order chi connectivity index (χ1) is 12.1. The molecule has 1 heterocycles. The first-order valence-corrected chi connectivity index (χ1v) is 8.34. The lowest BCUT2D eigenvalue weighted by Gasteiger charge is -2.11. The first kappa shape index (κ1) is 18.7. The van der Waals surface area contributed by atoms with E-state index in [1.165, 1.54) is 12.4 Å². The van der Waals surface area contributed by atoms with Crippen molar-refractivity contribution in [2.75, 3.05) is 39.1 Å². The molecule has 134 valence electrons. The van der Waals surface area contributed by atoms with Crippen LogP contribution in [0.25, 0.3) is 0 Å². The summed E-state index contributed by atoms with van der Waals surface area (Å²) in [5.41, 5.74) is 1.22. The molecule has 1 amide bonds. The van der Waals surface area contributed by atoms with Crippen molar-refractivity contribution in [2.45, 2.75) is 13.3 Å². The lowest BCUT2D eigenvalue weighted by atomic mass is 10.3. The molecular formula is C18H25N5O2. The predicted molar refractivity (Wildman–Crippen MR) is 98.4 cm³/mol. The summed E-state index contributed by atoms with van der Waals surface area (Å²) in [6.45, 7) is 4.06. The summed E-state index contributed by atoms with van der Waals surface area (Å²) in [4.78, 5) is 22.5. The van der Waals surface area contributed by atoms with Crippen molar-refractivity contribution >= 4 is 17.5 Å². The summed E-state index contributed by atoms with van der Waals surface area (Å²) < 4.78 is 5.56. The molecule has 0 atom stereocenters. The second kappa shape index (κ2) is 9.58. The highest BCUT2D eigenvalue weighted by molar-refractivity contribution is 5.93. The van der Waals surface area contributed by atoms with E-state index in [0.29, 0.717) is 24.7 Å². The fraction of sp³-hybridized carbons (Fsp3) is 0.389. The lowest BCUT2D eigenvalue weighted by molar-refractivity contribution is 0.0951. The number of anilines is 2. The van der Waals surface area contributed by atoms with Crippen molar-refractivity contribution in [1.29, 1.82) is 0 Å². The molecule has 0 saturated carbocycles. The third-order valence-electron chi connectivity index (χ3n) is 3.42. The molecular weight excluding hydrogens is 318 g/mol. The van der Waals surface area contributed by atoms with Crippen molar-refractivity contribution in [3.8, 4) is 5.75 Å². The Morgan fingerprint density at radius 1 is 1.20 bits per heavy atom. The van der Waals surface area contributed by atoms with Gasteiger partial charge in [0.05, 0.1) is 17.9 Å². The van der Waals surface area contributed by atoms with Crippen LogP contribution >= 0.6 is 0 Å². The predicted octanol–water partition coefficient (Wildman–Crippen LogP) is 2.30. The molecule has 2 N–H and O–H groups in total. The van der Waals surface area contributed by atoms with Gasteiger partial charge in [-0.3, -0.25) is 4.79 Å². The maximum atomic E-state index is 12.1. The van der Waals surface area contributed by atoms with Gasteiger partial charge in [0.2, 0.25) is 5.95 Å². The number of para-hydroxylation sites is 2. The molecule has 25 heavy (non-hydrogen) atoms. The molecule has 0 unspecified atom stereocenters. The topological polar surface area (TPSA) is 79.4 Å². The number of benzene rings is 1. The Morgan fingerprint density at radius 2 is 1.92 bits per heavy atom. The van der Waals surface area contributed by atoms with Crippen LogP contribution in [-0.4, -0.2) is 54.6 Å². The molecule has 0 radical (unpaired) electrons. The number of carbonyl (C=O) groups excluding carboxylic acids is 1. The van der Waals surface area contributed by atoms with Crippen LogP contribution in [0.5, 0.6) is 5.75 Å². The van der Waals surface area contributed by atoms with Gasteiger partial charge in [0, 0.05) is 18.9 Å². The molecule has 0 spiro atoms. The molecule has 1 aromatic carbocycles. The van der Waals surface area contributed by atoms with Crippen molar-refractivity contribution < 1.29 is 9.53 Å². The Hall–Kier alpha value is -2.67. The van der Waals surface area contributed by atoms with E-state index in [0.717, 1.165) is 24.4 Å². The Morgan fingerprint density at radius 3 is 2.60 bits per heavy atom. The van der Waals surface area contributed by atoms with Crippen LogP contribution < -0.4 is 15.4 Å². The normalized spacial score (nSPS) is 10.6. The Kier molecular flexibility index (Phi) is 7.16. The number of carbonyl (C=O) groups is 1. The number of rotatable bonds is 9. The van der Waals surface area contributed by atoms with Crippen molar-refractivity contribution in [2.24, 2.45) is 0 Å². The zero-order chi connectivity index (χ0) is 18.1. The average molecular weight is 343 g/mol. The summed E-state index contributed by atoms with van der Waals surface area (Å²) in [5.74, 6) is 0.979. The number of hydrogen-bond donors (Lipinski definition) is 2. The summed E-state index contributed by atoms with van der Waals surface area (Å²) in [7, 11) is 4.01. The molecule has 2 rings (SSSR count). The second-order valence-corrected chi connectivity index (χ2v) is 5.76. The number of amides is 1. The smallest absolute Gasteiger partial charge is 0.254 e. The fourth-order valence-corrected chi connectivity index (χ4v) is 2.18. The second-order valence-electron chi connectivity index (χ2n) is 5.76.